The highest BCUT2D eigenvalue weighted by molar-refractivity contribution is 5.78. The second-order valence-corrected chi connectivity index (χ2v) is 3.53. The van der Waals surface area contributed by atoms with E-state index in [1.54, 1.807) is 6.34 Å². The number of nitrogens with zero attached hydrogens (tertiary/aromatic N) is 2. The zero-order valence-electron chi connectivity index (χ0n) is 8.21. The second-order valence-electron chi connectivity index (χ2n) is 3.53. The predicted octanol–water partition coefficient (Wildman–Crippen LogP) is 0.984. The lowest BCUT2D eigenvalue weighted by atomic mass is 10.2. The number of rotatable bonds is 3. The van der Waals surface area contributed by atoms with Gasteiger partial charge in [0.05, 0.1) is 12.9 Å². The molecule has 1 aliphatic heterocycles. The normalized spacial score (nSPS) is 19.5. The van der Waals surface area contributed by atoms with Crippen molar-refractivity contribution in [1.82, 2.24) is 4.90 Å². The Morgan fingerprint density at radius 2 is 2.20 bits per heavy atom. The standard InChI is InChI=1S/C11H12N2O2/c14-11(15)10-7-13(8-12-10)6-9-4-2-1-3-5-9/h1-5,8,10H,6-7H2,(H,14,15). The fraction of sp³-hybridized carbons (Fsp3) is 0.273. The molecule has 1 aliphatic rings. The lowest BCUT2D eigenvalue weighted by molar-refractivity contribution is -0.138. The van der Waals surface area contributed by atoms with Gasteiger partial charge in [-0.15, -0.1) is 0 Å². The summed E-state index contributed by atoms with van der Waals surface area (Å²) in [6, 6.07) is 9.33. The molecule has 1 unspecified atom stereocenters. The summed E-state index contributed by atoms with van der Waals surface area (Å²) < 4.78 is 0. The van der Waals surface area contributed by atoms with Crippen molar-refractivity contribution in [1.29, 1.82) is 0 Å². The summed E-state index contributed by atoms with van der Waals surface area (Å²) >= 11 is 0. The molecule has 2 rings (SSSR count). The molecule has 0 fully saturated rings. The Bertz CT molecular complexity index is 375. The van der Waals surface area contributed by atoms with Crippen LogP contribution in [0, 0.1) is 0 Å². The maximum atomic E-state index is 10.7. The van der Waals surface area contributed by atoms with Crippen LogP contribution in [0.2, 0.25) is 0 Å². The van der Waals surface area contributed by atoms with Crippen LogP contribution in [-0.4, -0.2) is 34.9 Å². The van der Waals surface area contributed by atoms with Crippen LogP contribution >= 0.6 is 0 Å². The zero-order valence-corrected chi connectivity index (χ0v) is 8.21. The molecule has 0 saturated carbocycles. The Hall–Kier alpha value is -1.84. The van der Waals surface area contributed by atoms with Crippen LogP contribution in [0.4, 0.5) is 0 Å². The highest BCUT2D eigenvalue weighted by atomic mass is 16.4. The third-order valence-corrected chi connectivity index (χ3v) is 2.33. The van der Waals surface area contributed by atoms with Gasteiger partial charge in [0.1, 0.15) is 0 Å². The summed E-state index contributed by atoms with van der Waals surface area (Å²) in [7, 11) is 0. The topological polar surface area (TPSA) is 52.9 Å². The number of benzene rings is 1. The van der Waals surface area contributed by atoms with E-state index in [1.807, 2.05) is 35.2 Å². The third-order valence-electron chi connectivity index (χ3n) is 2.33. The van der Waals surface area contributed by atoms with Crippen LogP contribution in [0.5, 0.6) is 0 Å². The molecule has 1 heterocycles. The van der Waals surface area contributed by atoms with E-state index in [0.29, 0.717) is 13.1 Å². The van der Waals surface area contributed by atoms with Crippen LogP contribution in [0.3, 0.4) is 0 Å². The molecule has 4 heteroatoms. The van der Waals surface area contributed by atoms with Crippen molar-refractivity contribution in [3.8, 4) is 0 Å². The van der Waals surface area contributed by atoms with Gasteiger partial charge in [0.25, 0.3) is 0 Å². The smallest absolute Gasteiger partial charge is 0.330 e. The largest absolute Gasteiger partial charge is 0.480 e. The van der Waals surface area contributed by atoms with Gasteiger partial charge in [0, 0.05) is 6.54 Å². The number of carboxylic acid groups (broad SMARTS) is 1. The van der Waals surface area contributed by atoms with E-state index in [1.165, 1.54) is 0 Å². The Balaban J connectivity index is 1.94. The molecule has 0 aromatic heterocycles. The van der Waals surface area contributed by atoms with Crippen LogP contribution < -0.4 is 0 Å². The van der Waals surface area contributed by atoms with Gasteiger partial charge in [-0.2, -0.15) is 0 Å². The van der Waals surface area contributed by atoms with Gasteiger partial charge in [-0.3, -0.25) is 4.99 Å². The summed E-state index contributed by atoms with van der Waals surface area (Å²) in [4.78, 5) is 16.5. The average molecular weight is 204 g/mol. The summed E-state index contributed by atoms with van der Waals surface area (Å²) in [5, 5.41) is 8.76. The zero-order chi connectivity index (χ0) is 10.7. The van der Waals surface area contributed by atoms with E-state index in [-0.39, 0.29) is 0 Å². The first-order valence-corrected chi connectivity index (χ1v) is 4.80. The number of carbonyl (C=O) groups is 1. The van der Waals surface area contributed by atoms with Gasteiger partial charge in [0.15, 0.2) is 6.04 Å². The van der Waals surface area contributed by atoms with Gasteiger partial charge in [-0.05, 0) is 5.56 Å². The van der Waals surface area contributed by atoms with Crippen LogP contribution in [0.25, 0.3) is 0 Å². The Labute approximate surface area is 87.9 Å². The Morgan fingerprint density at radius 3 is 2.80 bits per heavy atom. The first kappa shape index (κ1) is 9.71. The van der Waals surface area contributed by atoms with E-state index in [9.17, 15) is 4.79 Å². The monoisotopic (exact) mass is 204 g/mol. The molecule has 0 aliphatic carbocycles. The minimum atomic E-state index is -0.859. The Morgan fingerprint density at radius 1 is 1.47 bits per heavy atom. The molecule has 0 bridgehead atoms. The van der Waals surface area contributed by atoms with Crippen molar-refractivity contribution < 1.29 is 9.90 Å². The van der Waals surface area contributed by atoms with Gasteiger partial charge >= 0.3 is 5.97 Å². The number of carboxylic acids is 1. The van der Waals surface area contributed by atoms with Gasteiger partial charge in [0.2, 0.25) is 0 Å². The molecule has 1 N–H and O–H groups in total. The SMILES string of the molecule is O=C(O)C1CN(Cc2ccccc2)C=N1. The highest BCUT2D eigenvalue weighted by Gasteiger charge is 2.23. The van der Waals surface area contributed by atoms with Crippen LogP contribution in [0.15, 0.2) is 35.3 Å². The fourth-order valence-corrected chi connectivity index (χ4v) is 1.56. The van der Waals surface area contributed by atoms with Gasteiger partial charge < -0.3 is 10.0 Å². The quantitative estimate of drug-likeness (QED) is 0.798. The van der Waals surface area contributed by atoms with Gasteiger partial charge in [-0.1, -0.05) is 30.3 Å². The van der Waals surface area contributed by atoms with E-state index < -0.39 is 12.0 Å². The van der Waals surface area contributed by atoms with Crippen molar-refractivity contribution in [3.63, 3.8) is 0 Å². The molecule has 0 saturated heterocycles. The van der Waals surface area contributed by atoms with E-state index >= 15 is 0 Å². The third kappa shape index (κ3) is 2.34. The lowest BCUT2D eigenvalue weighted by Crippen LogP contribution is -2.27. The molecule has 78 valence electrons. The minimum Gasteiger partial charge on any atom is -0.480 e. The molecular formula is C11H12N2O2. The van der Waals surface area contributed by atoms with Crippen LogP contribution in [0.1, 0.15) is 5.56 Å². The second kappa shape index (κ2) is 4.13. The van der Waals surface area contributed by atoms with Crippen molar-refractivity contribution in [3.05, 3.63) is 35.9 Å². The predicted molar refractivity (Wildman–Crippen MR) is 56.8 cm³/mol. The molecule has 1 aromatic carbocycles. The fourth-order valence-electron chi connectivity index (χ4n) is 1.56. The summed E-state index contributed by atoms with van der Waals surface area (Å²) in [5.74, 6) is -0.859. The molecule has 0 radical (unpaired) electrons. The first-order chi connectivity index (χ1) is 7.25. The molecule has 15 heavy (non-hydrogen) atoms. The van der Waals surface area contributed by atoms with Crippen molar-refractivity contribution in [2.24, 2.45) is 4.99 Å². The molecule has 1 atom stereocenters. The number of hydrogen-bond acceptors (Lipinski definition) is 3. The first-order valence-electron chi connectivity index (χ1n) is 4.80. The summed E-state index contributed by atoms with van der Waals surface area (Å²) in [6.07, 6.45) is 1.62. The summed E-state index contributed by atoms with van der Waals surface area (Å²) in [6.45, 7) is 1.18. The summed E-state index contributed by atoms with van der Waals surface area (Å²) in [5.41, 5.74) is 1.16. The van der Waals surface area contributed by atoms with Gasteiger partial charge in [-0.25, -0.2) is 4.79 Å². The Kier molecular flexibility index (Phi) is 2.67. The van der Waals surface area contributed by atoms with Crippen LogP contribution in [-0.2, 0) is 11.3 Å². The van der Waals surface area contributed by atoms with E-state index in [2.05, 4.69) is 4.99 Å². The highest BCUT2D eigenvalue weighted by Crippen LogP contribution is 2.09. The van der Waals surface area contributed by atoms with Crippen molar-refractivity contribution >= 4 is 12.3 Å². The maximum Gasteiger partial charge on any atom is 0.330 e. The van der Waals surface area contributed by atoms with Crippen molar-refractivity contribution in [2.75, 3.05) is 6.54 Å². The molecule has 1 aromatic rings. The average Bonchev–Trinajstić information content (AvgIpc) is 2.68. The molecular weight excluding hydrogens is 192 g/mol. The number of hydrogen-bond donors (Lipinski definition) is 1. The minimum absolute atomic E-state index is 0.463. The van der Waals surface area contributed by atoms with Crippen molar-refractivity contribution in [2.45, 2.75) is 12.6 Å². The number of aliphatic imine (C=N–C) groups is 1. The molecule has 0 spiro atoms. The molecule has 0 amide bonds. The van der Waals surface area contributed by atoms with E-state index in [4.69, 9.17) is 5.11 Å². The van der Waals surface area contributed by atoms with E-state index in [0.717, 1.165) is 5.56 Å². The maximum absolute atomic E-state index is 10.7. The number of aliphatic carboxylic acids is 1. The lowest BCUT2D eigenvalue weighted by Gasteiger charge is -2.14. The molecule has 4 nitrogen and oxygen atoms in total.